The van der Waals surface area contributed by atoms with E-state index in [2.05, 4.69) is 29.6 Å². The first kappa shape index (κ1) is 13.3. The van der Waals surface area contributed by atoms with Gasteiger partial charge in [-0.15, -0.1) is 0 Å². The summed E-state index contributed by atoms with van der Waals surface area (Å²) in [5.41, 5.74) is 1.23. The van der Waals surface area contributed by atoms with Crippen LogP contribution < -0.4 is 10.1 Å². The lowest BCUT2D eigenvalue weighted by Gasteiger charge is -2.25. The molecule has 0 aliphatic carbocycles. The van der Waals surface area contributed by atoms with Gasteiger partial charge in [-0.25, -0.2) is 0 Å². The molecule has 1 N–H and O–H groups in total. The van der Waals surface area contributed by atoms with Crippen LogP contribution in [-0.4, -0.2) is 37.3 Å². The minimum atomic E-state index is 0.189. The van der Waals surface area contributed by atoms with Crippen LogP contribution in [0.5, 0.6) is 5.75 Å². The van der Waals surface area contributed by atoms with Crippen LogP contribution in [-0.2, 0) is 4.74 Å². The highest BCUT2D eigenvalue weighted by molar-refractivity contribution is 7.99. The number of hydrogen-bond donors (Lipinski definition) is 1. The van der Waals surface area contributed by atoms with Gasteiger partial charge in [-0.1, -0.05) is 12.1 Å². The Kier molecular flexibility index (Phi) is 4.64. The molecule has 2 aliphatic heterocycles. The van der Waals surface area contributed by atoms with Gasteiger partial charge in [0, 0.05) is 13.1 Å². The van der Waals surface area contributed by atoms with Crippen LogP contribution in [0.1, 0.15) is 24.5 Å². The fourth-order valence-electron chi connectivity index (χ4n) is 2.53. The second-order valence-electron chi connectivity index (χ2n) is 5.06. The monoisotopic (exact) mass is 279 g/mol. The molecule has 1 atom stereocenters. The van der Waals surface area contributed by atoms with Crippen molar-refractivity contribution >= 4 is 11.8 Å². The number of morpholine rings is 1. The van der Waals surface area contributed by atoms with E-state index in [0.717, 1.165) is 25.4 Å². The molecule has 2 saturated heterocycles. The number of thioether (sulfide) groups is 1. The normalized spacial score (nSPS) is 25.2. The number of rotatable bonds is 3. The highest BCUT2D eigenvalue weighted by Crippen LogP contribution is 2.25. The van der Waals surface area contributed by atoms with Crippen LogP contribution in [0.4, 0.5) is 0 Å². The molecule has 104 valence electrons. The van der Waals surface area contributed by atoms with Crippen molar-refractivity contribution in [3.63, 3.8) is 0 Å². The SMILES string of the molecule is c1cc(C2CNCCO2)ccc1OC1CCSCC1. The Balaban J connectivity index is 1.58. The zero-order valence-electron chi connectivity index (χ0n) is 11.1. The summed E-state index contributed by atoms with van der Waals surface area (Å²) in [7, 11) is 0. The third-order valence-electron chi connectivity index (χ3n) is 3.65. The Morgan fingerprint density at radius 3 is 2.63 bits per heavy atom. The summed E-state index contributed by atoms with van der Waals surface area (Å²) < 4.78 is 11.8. The Morgan fingerprint density at radius 2 is 1.95 bits per heavy atom. The summed E-state index contributed by atoms with van der Waals surface area (Å²) in [6, 6.07) is 8.42. The van der Waals surface area contributed by atoms with Crippen LogP contribution in [0, 0.1) is 0 Å². The molecule has 0 saturated carbocycles. The molecular weight excluding hydrogens is 258 g/mol. The Hall–Kier alpha value is -0.710. The average Bonchev–Trinajstić information content (AvgIpc) is 2.50. The van der Waals surface area contributed by atoms with Gasteiger partial charge in [-0.2, -0.15) is 11.8 Å². The first-order chi connectivity index (χ1) is 9.42. The van der Waals surface area contributed by atoms with Crippen molar-refractivity contribution in [2.45, 2.75) is 25.0 Å². The first-order valence-corrected chi connectivity index (χ1v) is 8.24. The van der Waals surface area contributed by atoms with Gasteiger partial charge in [-0.05, 0) is 42.0 Å². The van der Waals surface area contributed by atoms with Crippen molar-refractivity contribution in [3.05, 3.63) is 29.8 Å². The molecule has 0 amide bonds. The molecule has 1 aromatic carbocycles. The quantitative estimate of drug-likeness (QED) is 0.921. The fraction of sp³-hybridized carbons (Fsp3) is 0.600. The molecule has 2 fully saturated rings. The molecule has 1 unspecified atom stereocenters. The molecule has 19 heavy (non-hydrogen) atoms. The first-order valence-electron chi connectivity index (χ1n) is 7.08. The molecule has 4 heteroatoms. The van der Waals surface area contributed by atoms with Gasteiger partial charge < -0.3 is 14.8 Å². The van der Waals surface area contributed by atoms with Crippen molar-refractivity contribution in [1.29, 1.82) is 0 Å². The van der Waals surface area contributed by atoms with Crippen LogP contribution in [0.3, 0.4) is 0 Å². The molecule has 0 radical (unpaired) electrons. The van der Waals surface area contributed by atoms with Gasteiger partial charge in [-0.3, -0.25) is 0 Å². The largest absolute Gasteiger partial charge is 0.490 e. The van der Waals surface area contributed by atoms with Crippen molar-refractivity contribution < 1.29 is 9.47 Å². The Labute approximate surface area is 119 Å². The maximum absolute atomic E-state index is 6.03. The average molecular weight is 279 g/mol. The van der Waals surface area contributed by atoms with E-state index in [0.29, 0.717) is 6.10 Å². The van der Waals surface area contributed by atoms with Gasteiger partial charge in [0.2, 0.25) is 0 Å². The van der Waals surface area contributed by atoms with Gasteiger partial charge in [0.05, 0.1) is 12.7 Å². The predicted molar refractivity (Wildman–Crippen MR) is 79.0 cm³/mol. The lowest BCUT2D eigenvalue weighted by molar-refractivity contribution is 0.0276. The van der Waals surface area contributed by atoms with Gasteiger partial charge in [0.15, 0.2) is 0 Å². The molecule has 3 rings (SSSR count). The van der Waals surface area contributed by atoms with E-state index in [-0.39, 0.29) is 6.10 Å². The van der Waals surface area contributed by atoms with Crippen LogP contribution in [0.2, 0.25) is 0 Å². The molecule has 1 aromatic rings. The molecule has 0 bridgehead atoms. The highest BCUT2D eigenvalue weighted by Gasteiger charge is 2.17. The second-order valence-corrected chi connectivity index (χ2v) is 6.29. The van der Waals surface area contributed by atoms with E-state index in [1.54, 1.807) is 0 Å². The zero-order chi connectivity index (χ0) is 12.9. The number of nitrogens with one attached hydrogen (secondary N) is 1. The molecular formula is C15H21NO2S. The van der Waals surface area contributed by atoms with Gasteiger partial charge >= 0.3 is 0 Å². The summed E-state index contributed by atoms with van der Waals surface area (Å²) in [5.74, 6) is 3.44. The second kappa shape index (κ2) is 6.64. The van der Waals surface area contributed by atoms with E-state index in [9.17, 15) is 0 Å². The minimum Gasteiger partial charge on any atom is -0.490 e. The highest BCUT2D eigenvalue weighted by atomic mass is 32.2. The number of benzene rings is 1. The molecule has 2 heterocycles. The van der Waals surface area contributed by atoms with Crippen molar-refractivity contribution in [2.24, 2.45) is 0 Å². The topological polar surface area (TPSA) is 30.5 Å². The van der Waals surface area contributed by atoms with Crippen LogP contribution >= 0.6 is 11.8 Å². The van der Waals surface area contributed by atoms with Crippen molar-refractivity contribution in [2.75, 3.05) is 31.2 Å². The lowest BCUT2D eigenvalue weighted by atomic mass is 10.1. The fourth-order valence-corrected chi connectivity index (χ4v) is 3.59. The summed E-state index contributed by atoms with van der Waals surface area (Å²) >= 11 is 2.03. The summed E-state index contributed by atoms with van der Waals surface area (Å²) in [6.45, 7) is 2.65. The summed E-state index contributed by atoms with van der Waals surface area (Å²) in [4.78, 5) is 0. The number of hydrogen-bond acceptors (Lipinski definition) is 4. The predicted octanol–water partition coefficient (Wildman–Crippen LogP) is 2.62. The maximum Gasteiger partial charge on any atom is 0.119 e. The van der Waals surface area contributed by atoms with E-state index in [4.69, 9.17) is 9.47 Å². The van der Waals surface area contributed by atoms with Crippen molar-refractivity contribution in [1.82, 2.24) is 5.32 Å². The number of ether oxygens (including phenoxy) is 2. The molecule has 0 spiro atoms. The third-order valence-corrected chi connectivity index (χ3v) is 4.70. The van der Waals surface area contributed by atoms with Gasteiger partial charge in [0.1, 0.15) is 11.9 Å². The summed E-state index contributed by atoms with van der Waals surface area (Å²) in [6.07, 6.45) is 2.93. The molecule has 2 aliphatic rings. The zero-order valence-corrected chi connectivity index (χ0v) is 12.0. The van der Waals surface area contributed by atoms with E-state index >= 15 is 0 Å². The molecule has 0 aromatic heterocycles. The minimum absolute atomic E-state index is 0.189. The smallest absolute Gasteiger partial charge is 0.119 e. The van der Waals surface area contributed by atoms with Gasteiger partial charge in [0.25, 0.3) is 0 Å². The molecule has 3 nitrogen and oxygen atoms in total. The lowest BCUT2D eigenvalue weighted by Crippen LogP contribution is -2.33. The third kappa shape index (κ3) is 3.65. The summed E-state index contributed by atoms with van der Waals surface area (Å²) in [5, 5.41) is 3.36. The van der Waals surface area contributed by atoms with Crippen molar-refractivity contribution in [3.8, 4) is 5.75 Å². The van der Waals surface area contributed by atoms with E-state index in [1.165, 1.54) is 29.9 Å². The Bertz CT molecular complexity index is 384. The van der Waals surface area contributed by atoms with E-state index < -0.39 is 0 Å². The van der Waals surface area contributed by atoms with Crippen LogP contribution in [0.25, 0.3) is 0 Å². The standard InChI is InChI=1S/C15H21NO2S/c1-3-13(18-14-5-9-19-10-6-14)4-2-12(1)15-11-16-7-8-17-15/h1-4,14-16H,5-11H2. The maximum atomic E-state index is 6.03. The van der Waals surface area contributed by atoms with Crippen LogP contribution in [0.15, 0.2) is 24.3 Å². The Morgan fingerprint density at radius 1 is 1.16 bits per heavy atom. The van der Waals surface area contributed by atoms with E-state index in [1.807, 2.05) is 11.8 Å².